The average Bonchev–Trinajstić information content (AvgIpc) is 2.81. The second-order valence-electron chi connectivity index (χ2n) is 8.71. The molecule has 2 fully saturated rings. The molecule has 2 saturated carbocycles. The third-order valence-corrected chi connectivity index (χ3v) is 9.00. The lowest BCUT2D eigenvalue weighted by Gasteiger charge is -2.42. The molecule has 0 aromatic rings. The van der Waals surface area contributed by atoms with Crippen molar-refractivity contribution in [3.05, 3.63) is 0 Å². The monoisotopic (exact) mass is 324 g/mol. The largest absolute Gasteiger partial charge is 0.417 e. The molecule has 4 unspecified atom stereocenters. The van der Waals surface area contributed by atoms with Gasteiger partial charge in [0.05, 0.1) is 0 Å². The summed E-state index contributed by atoms with van der Waals surface area (Å²) in [7, 11) is -1.49. The zero-order chi connectivity index (χ0) is 16.4. The molecule has 0 aromatic carbocycles. The fraction of sp³-hybridized carbons (Fsp3) is 0.947. The minimum atomic E-state index is -1.49. The van der Waals surface area contributed by atoms with Crippen molar-refractivity contribution in [1.29, 1.82) is 0 Å². The fourth-order valence-electron chi connectivity index (χ4n) is 5.05. The maximum Gasteiger partial charge on any atom is 0.186 e. The molecule has 0 amide bonds. The Bertz CT molecular complexity index is 393. The Morgan fingerprint density at radius 3 is 2.77 bits per heavy atom. The van der Waals surface area contributed by atoms with Gasteiger partial charge in [0.25, 0.3) is 0 Å². The quantitative estimate of drug-likeness (QED) is 0.584. The van der Waals surface area contributed by atoms with Gasteiger partial charge in [0.2, 0.25) is 0 Å². The number of fused-ring (bicyclic) bond motifs is 1. The molecule has 0 N–H and O–H groups in total. The molecule has 0 aliphatic heterocycles. The van der Waals surface area contributed by atoms with E-state index in [9.17, 15) is 4.79 Å². The summed E-state index contributed by atoms with van der Waals surface area (Å²) in [5, 5.41) is 0. The Kier molecular flexibility index (Phi) is 5.93. The molecule has 3 heteroatoms. The Morgan fingerprint density at radius 2 is 2.09 bits per heavy atom. The molecule has 0 heterocycles. The Hall–Kier alpha value is -0.153. The summed E-state index contributed by atoms with van der Waals surface area (Å²) in [4.78, 5) is 12.3. The lowest BCUT2D eigenvalue weighted by Crippen LogP contribution is -2.41. The highest BCUT2D eigenvalue weighted by Gasteiger charge is 2.52. The highest BCUT2D eigenvalue weighted by atomic mass is 28.4. The van der Waals surface area contributed by atoms with Crippen molar-refractivity contribution >= 4 is 14.1 Å². The van der Waals surface area contributed by atoms with Gasteiger partial charge in [0.15, 0.2) is 8.32 Å². The van der Waals surface area contributed by atoms with Crippen LogP contribution in [0.15, 0.2) is 0 Å². The van der Waals surface area contributed by atoms with E-state index >= 15 is 0 Å². The summed E-state index contributed by atoms with van der Waals surface area (Å²) in [6.07, 6.45) is 8.09. The third-order valence-electron chi connectivity index (χ3n) is 6.49. The van der Waals surface area contributed by atoms with Crippen LogP contribution in [0.4, 0.5) is 0 Å². The predicted molar refractivity (Wildman–Crippen MR) is 95.5 cm³/mol. The maximum absolute atomic E-state index is 12.3. The second kappa shape index (κ2) is 7.17. The summed E-state index contributed by atoms with van der Waals surface area (Å²) in [5.41, 5.74) is 0.257. The molecule has 2 rings (SSSR count). The van der Waals surface area contributed by atoms with Crippen molar-refractivity contribution in [3.63, 3.8) is 0 Å². The highest BCUT2D eigenvalue weighted by Crippen LogP contribution is 2.56. The van der Waals surface area contributed by atoms with Crippen LogP contribution in [0, 0.1) is 23.2 Å². The first-order valence-electron chi connectivity index (χ1n) is 9.47. The van der Waals surface area contributed by atoms with Crippen LogP contribution in [0.2, 0.25) is 19.1 Å². The number of ketones is 1. The van der Waals surface area contributed by atoms with E-state index in [2.05, 4.69) is 33.9 Å². The van der Waals surface area contributed by atoms with Crippen molar-refractivity contribution in [2.45, 2.75) is 84.9 Å². The standard InChI is InChI=1S/C19H36O2Si/c1-6-7-13-22(4,5)21-14-15(2)16-10-11-17-18(20)9-8-12-19(16,17)3/h15-17H,6-14H2,1-5H3. The van der Waals surface area contributed by atoms with E-state index in [1.54, 1.807) is 0 Å². The Labute approximate surface area is 138 Å². The van der Waals surface area contributed by atoms with Gasteiger partial charge < -0.3 is 4.43 Å². The Balaban J connectivity index is 1.92. The topological polar surface area (TPSA) is 26.3 Å². The summed E-state index contributed by atoms with van der Waals surface area (Å²) >= 11 is 0. The van der Waals surface area contributed by atoms with Crippen molar-refractivity contribution in [2.24, 2.45) is 23.2 Å². The van der Waals surface area contributed by atoms with Gasteiger partial charge in [0, 0.05) is 18.9 Å². The van der Waals surface area contributed by atoms with Crippen LogP contribution in [0.1, 0.15) is 65.7 Å². The zero-order valence-electron chi connectivity index (χ0n) is 15.4. The normalized spacial score (nSPS) is 33.8. The van der Waals surface area contributed by atoms with Gasteiger partial charge in [0.1, 0.15) is 5.78 Å². The molecular formula is C19H36O2Si. The van der Waals surface area contributed by atoms with Crippen molar-refractivity contribution < 1.29 is 9.22 Å². The first-order valence-corrected chi connectivity index (χ1v) is 12.6. The predicted octanol–water partition coefficient (Wildman–Crippen LogP) is 5.43. The van der Waals surface area contributed by atoms with Gasteiger partial charge in [-0.3, -0.25) is 4.79 Å². The van der Waals surface area contributed by atoms with Crippen LogP contribution < -0.4 is 0 Å². The van der Waals surface area contributed by atoms with E-state index in [-0.39, 0.29) is 5.41 Å². The molecule has 0 aromatic heterocycles. The van der Waals surface area contributed by atoms with E-state index in [0.717, 1.165) is 25.9 Å². The van der Waals surface area contributed by atoms with Gasteiger partial charge in [-0.25, -0.2) is 0 Å². The molecule has 0 radical (unpaired) electrons. The number of carbonyl (C=O) groups is 1. The zero-order valence-corrected chi connectivity index (χ0v) is 16.4. The molecule has 2 aliphatic carbocycles. The molecular weight excluding hydrogens is 288 g/mol. The highest BCUT2D eigenvalue weighted by molar-refractivity contribution is 6.71. The van der Waals surface area contributed by atoms with Crippen LogP contribution in [0.25, 0.3) is 0 Å². The SMILES string of the molecule is CCCC[Si](C)(C)OCC(C)C1CCC2C(=O)CCCC21C. The average molecular weight is 325 g/mol. The van der Waals surface area contributed by atoms with E-state index < -0.39 is 8.32 Å². The maximum atomic E-state index is 12.3. The minimum absolute atomic E-state index is 0.257. The van der Waals surface area contributed by atoms with E-state index in [1.165, 1.54) is 31.7 Å². The van der Waals surface area contributed by atoms with E-state index in [1.807, 2.05) is 0 Å². The molecule has 2 nitrogen and oxygen atoms in total. The molecule has 0 saturated heterocycles. The lowest BCUT2D eigenvalue weighted by atomic mass is 9.62. The number of rotatable bonds is 7. The third kappa shape index (κ3) is 3.84. The second-order valence-corrected chi connectivity index (χ2v) is 13.0. The molecule has 4 atom stereocenters. The molecule has 128 valence electrons. The lowest BCUT2D eigenvalue weighted by molar-refractivity contribution is -0.130. The number of hydrogen-bond donors (Lipinski definition) is 0. The van der Waals surface area contributed by atoms with Crippen molar-refractivity contribution in [1.82, 2.24) is 0 Å². The number of Topliss-reactive ketones (excluding diaryl/α,β-unsaturated/α-hetero) is 1. The fourth-order valence-corrected chi connectivity index (χ4v) is 7.12. The summed E-state index contributed by atoms with van der Waals surface area (Å²) in [5.74, 6) is 2.16. The van der Waals surface area contributed by atoms with Gasteiger partial charge in [-0.1, -0.05) is 33.6 Å². The summed E-state index contributed by atoms with van der Waals surface area (Å²) in [6, 6.07) is 1.28. The first-order chi connectivity index (χ1) is 10.3. The smallest absolute Gasteiger partial charge is 0.186 e. The number of carbonyl (C=O) groups excluding carboxylic acids is 1. The summed E-state index contributed by atoms with van der Waals surface area (Å²) < 4.78 is 6.41. The minimum Gasteiger partial charge on any atom is -0.417 e. The van der Waals surface area contributed by atoms with Crippen LogP contribution in [0.5, 0.6) is 0 Å². The van der Waals surface area contributed by atoms with E-state index in [4.69, 9.17) is 4.43 Å². The molecule has 2 aliphatic rings. The van der Waals surface area contributed by atoms with E-state index in [0.29, 0.717) is 23.5 Å². The number of hydrogen-bond acceptors (Lipinski definition) is 2. The van der Waals surface area contributed by atoms with Gasteiger partial charge in [-0.05, 0) is 62.1 Å². The van der Waals surface area contributed by atoms with Crippen LogP contribution in [0.3, 0.4) is 0 Å². The van der Waals surface area contributed by atoms with Crippen molar-refractivity contribution in [3.8, 4) is 0 Å². The number of unbranched alkanes of at least 4 members (excludes halogenated alkanes) is 1. The van der Waals surface area contributed by atoms with Crippen LogP contribution in [-0.4, -0.2) is 20.7 Å². The van der Waals surface area contributed by atoms with Crippen LogP contribution in [-0.2, 0) is 9.22 Å². The van der Waals surface area contributed by atoms with Gasteiger partial charge >= 0.3 is 0 Å². The molecule has 22 heavy (non-hydrogen) atoms. The molecule has 0 spiro atoms. The first kappa shape index (κ1) is 18.2. The molecule has 0 bridgehead atoms. The van der Waals surface area contributed by atoms with Gasteiger partial charge in [-0.2, -0.15) is 0 Å². The van der Waals surface area contributed by atoms with Crippen LogP contribution >= 0.6 is 0 Å². The Morgan fingerprint density at radius 1 is 1.36 bits per heavy atom. The summed E-state index contributed by atoms with van der Waals surface area (Å²) in [6.45, 7) is 12.6. The van der Waals surface area contributed by atoms with Gasteiger partial charge in [-0.15, -0.1) is 0 Å². The van der Waals surface area contributed by atoms with Crippen molar-refractivity contribution in [2.75, 3.05) is 6.61 Å².